The van der Waals surface area contributed by atoms with Crippen LogP contribution in [0.2, 0.25) is 0 Å². The zero-order valence-electron chi connectivity index (χ0n) is 17.9. The van der Waals surface area contributed by atoms with Crippen LogP contribution >= 0.6 is 0 Å². The first-order chi connectivity index (χ1) is 15.4. The monoisotopic (exact) mass is 460 g/mol. The second-order valence-electron chi connectivity index (χ2n) is 7.19. The molecular weight excluding hydrogens is 432 g/mol. The summed E-state index contributed by atoms with van der Waals surface area (Å²) < 4.78 is 37.9. The summed E-state index contributed by atoms with van der Waals surface area (Å²) in [6, 6.07) is 13.4. The van der Waals surface area contributed by atoms with Gasteiger partial charge in [0.2, 0.25) is 10.0 Å². The summed E-state index contributed by atoms with van der Waals surface area (Å²) in [4.78, 5) is 16.6. The van der Waals surface area contributed by atoms with Gasteiger partial charge in [-0.2, -0.15) is 4.72 Å². The molecule has 2 aromatic carbocycles. The van der Waals surface area contributed by atoms with E-state index in [9.17, 15) is 13.2 Å². The number of sulfonamides is 1. The summed E-state index contributed by atoms with van der Waals surface area (Å²) in [6.45, 7) is 4.54. The minimum Gasteiger partial charge on any atom is -0.494 e. The van der Waals surface area contributed by atoms with Gasteiger partial charge in [0.05, 0.1) is 18.0 Å². The third kappa shape index (κ3) is 7.24. The Morgan fingerprint density at radius 3 is 2.50 bits per heavy atom. The Labute approximate surface area is 188 Å². The van der Waals surface area contributed by atoms with E-state index in [1.807, 2.05) is 0 Å². The number of carbonyl (C=O) groups excluding carboxylic acids is 1. The highest BCUT2D eigenvalue weighted by atomic mass is 32.2. The fourth-order valence-corrected chi connectivity index (χ4v) is 4.11. The van der Waals surface area contributed by atoms with Crippen LogP contribution in [0.5, 0.6) is 11.5 Å². The Kier molecular flexibility index (Phi) is 8.46. The maximum Gasteiger partial charge on any atom is 0.329 e. The summed E-state index contributed by atoms with van der Waals surface area (Å²) in [5.41, 5.74) is 0. The number of benzene rings is 2. The first-order valence-corrected chi connectivity index (χ1v) is 12.0. The van der Waals surface area contributed by atoms with Gasteiger partial charge < -0.3 is 20.1 Å². The van der Waals surface area contributed by atoms with Crippen molar-refractivity contribution in [1.29, 1.82) is 0 Å². The molecule has 1 atom stereocenters. The van der Waals surface area contributed by atoms with Gasteiger partial charge in [0, 0.05) is 13.1 Å². The molecule has 0 saturated heterocycles. The number of rotatable bonds is 11. The number of hydrogen-bond acceptors (Lipinski definition) is 8. The predicted molar refractivity (Wildman–Crippen MR) is 121 cm³/mol. The predicted octanol–water partition coefficient (Wildman–Crippen LogP) is 1.67. The molecule has 0 spiro atoms. The lowest BCUT2D eigenvalue weighted by Crippen LogP contribution is -2.40. The number of aliphatic imine (C=N–C) groups is 1. The van der Waals surface area contributed by atoms with Crippen molar-refractivity contribution in [3.05, 3.63) is 54.6 Å². The molecule has 0 aliphatic carbocycles. The van der Waals surface area contributed by atoms with Crippen molar-refractivity contribution in [3.8, 4) is 11.5 Å². The molecule has 1 aliphatic heterocycles. The molecule has 2 aromatic rings. The molecule has 9 nitrogen and oxygen atoms in total. The summed E-state index contributed by atoms with van der Waals surface area (Å²) in [5, 5.41) is 6.39. The number of nitrogens with one attached hydrogen (secondary N) is 3. The van der Waals surface area contributed by atoms with Crippen molar-refractivity contribution >= 4 is 22.0 Å². The van der Waals surface area contributed by atoms with Gasteiger partial charge in [-0.15, -0.1) is 0 Å². The van der Waals surface area contributed by atoms with Gasteiger partial charge in [-0.1, -0.05) is 18.2 Å². The van der Waals surface area contributed by atoms with E-state index >= 15 is 0 Å². The Morgan fingerprint density at radius 2 is 1.81 bits per heavy atom. The minimum absolute atomic E-state index is 0.0842. The van der Waals surface area contributed by atoms with Gasteiger partial charge >= 0.3 is 5.97 Å². The molecule has 1 heterocycles. The Bertz CT molecular complexity index is 1010. The van der Waals surface area contributed by atoms with Gasteiger partial charge in [-0.25, -0.2) is 13.2 Å². The molecule has 0 bridgehead atoms. The Balaban J connectivity index is 1.38. The summed E-state index contributed by atoms with van der Waals surface area (Å²) in [7, 11) is -3.81. The second-order valence-corrected chi connectivity index (χ2v) is 8.90. The van der Waals surface area contributed by atoms with E-state index in [1.165, 1.54) is 19.1 Å². The Hall–Kier alpha value is -3.11. The van der Waals surface area contributed by atoms with Crippen LogP contribution in [-0.4, -0.2) is 52.6 Å². The van der Waals surface area contributed by atoms with Crippen LogP contribution in [0.3, 0.4) is 0 Å². The van der Waals surface area contributed by atoms with E-state index in [4.69, 9.17) is 9.47 Å². The van der Waals surface area contributed by atoms with Crippen molar-refractivity contribution in [2.75, 3.05) is 26.2 Å². The van der Waals surface area contributed by atoms with Crippen LogP contribution < -0.4 is 24.8 Å². The quantitative estimate of drug-likeness (QED) is 0.265. The highest BCUT2D eigenvalue weighted by Gasteiger charge is 2.23. The highest BCUT2D eigenvalue weighted by Crippen LogP contribution is 2.18. The lowest BCUT2D eigenvalue weighted by molar-refractivity contribution is -0.135. The maximum absolute atomic E-state index is 12.3. The molecule has 0 saturated carbocycles. The van der Waals surface area contributed by atoms with Crippen molar-refractivity contribution in [2.45, 2.75) is 30.7 Å². The van der Waals surface area contributed by atoms with Crippen LogP contribution in [0.1, 0.15) is 19.8 Å². The van der Waals surface area contributed by atoms with Crippen LogP contribution in [0.15, 0.2) is 64.5 Å². The van der Waals surface area contributed by atoms with E-state index < -0.39 is 22.0 Å². The fourth-order valence-electron chi connectivity index (χ4n) is 2.90. The van der Waals surface area contributed by atoms with Crippen molar-refractivity contribution in [1.82, 2.24) is 15.4 Å². The molecule has 0 fully saturated rings. The number of nitrogens with zero attached hydrogens (tertiary/aromatic N) is 1. The summed E-state index contributed by atoms with van der Waals surface area (Å²) in [6.07, 6.45) is 1.84. The third-order valence-corrected chi connectivity index (χ3v) is 6.14. The van der Waals surface area contributed by atoms with Gasteiger partial charge in [0.15, 0.2) is 5.96 Å². The first-order valence-electron chi connectivity index (χ1n) is 10.5. The summed E-state index contributed by atoms with van der Waals surface area (Å²) in [5.74, 6) is 1.13. The molecule has 32 heavy (non-hydrogen) atoms. The van der Waals surface area contributed by atoms with Crippen LogP contribution in [0.4, 0.5) is 0 Å². The molecular formula is C22H28N4O5S. The Morgan fingerprint density at radius 1 is 1.09 bits per heavy atom. The van der Waals surface area contributed by atoms with Crippen LogP contribution in [0.25, 0.3) is 0 Å². The molecule has 3 rings (SSSR count). The van der Waals surface area contributed by atoms with Gasteiger partial charge in [0.1, 0.15) is 17.5 Å². The van der Waals surface area contributed by atoms with Crippen molar-refractivity contribution in [2.24, 2.45) is 4.99 Å². The number of hydrogen-bond donors (Lipinski definition) is 3. The van der Waals surface area contributed by atoms with E-state index in [0.29, 0.717) is 18.1 Å². The molecule has 0 radical (unpaired) electrons. The molecule has 3 N–H and O–H groups in total. The third-order valence-electron chi connectivity index (χ3n) is 4.59. The van der Waals surface area contributed by atoms with E-state index in [2.05, 4.69) is 20.3 Å². The number of unbranched alkanes of at least 4 members (excludes halogenated alkanes) is 1. The van der Waals surface area contributed by atoms with Crippen molar-refractivity contribution in [3.63, 3.8) is 0 Å². The molecule has 1 aliphatic rings. The highest BCUT2D eigenvalue weighted by molar-refractivity contribution is 7.89. The van der Waals surface area contributed by atoms with E-state index in [1.54, 1.807) is 42.5 Å². The zero-order valence-corrected chi connectivity index (χ0v) is 18.7. The molecule has 172 valence electrons. The SMILES string of the molecule is CC(NS(=O)(=O)c1ccccc1)C(=O)Oc1ccc(OCCCCNC2=NCCN2)cc1. The van der Waals surface area contributed by atoms with E-state index in [0.717, 1.165) is 38.4 Å². The maximum atomic E-state index is 12.3. The number of guanidine groups is 1. The van der Waals surface area contributed by atoms with Gasteiger partial charge in [0.25, 0.3) is 0 Å². The first kappa shape index (κ1) is 23.6. The average molecular weight is 461 g/mol. The van der Waals surface area contributed by atoms with E-state index in [-0.39, 0.29) is 4.90 Å². The normalized spacial score (nSPS) is 14.2. The van der Waals surface area contributed by atoms with Crippen LogP contribution in [0, 0.1) is 0 Å². The lowest BCUT2D eigenvalue weighted by Gasteiger charge is -2.14. The van der Waals surface area contributed by atoms with Gasteiger partial charge in [-0.05, 0) is 56.2 Å². The smallest absolute Gasteiger partial charge is 0.329 e. The largest absolute Gasteiger partial charge is 0.494 e. The van der Waals surface area contributed by atoms with Gasteiger partial charge in [-0.3, -0.25) is 4.99 Å². The zero-order chi connectivity index (χ0) is 22.8. The molecule has 0 amide bonds. The summed E-state index contributed by atoms with van der Waals surface area (Å²) >= 11 is 0. The number of ether oxygens (including phenoxy) is 2. The lowest BCUT2D eigenvalue weighted by atomic mass is 10.3. The van der Waals surface area contributed by atoms with Crippen LogP contribution in [-0.2, 0) is 14.8 Å². The second kappa shape index (κ2) is 11.5. The molecule has 0 aromatic heterocycles. The number of carbonyl (C=O) groups is 1. The average Bonchev–Trinajstić information content (AvgIpc) is 3.31. The number of esters is 1. The minimum atomic E-state index is -3.81. The molecule has 10 heteroatoms. The standard InChI is InChI=1S/C22H28N4O5S/c1-17(26-32(28,29)20-7-3-2-4-8-20)21(27)31-19-11-9-18(10-12-19)30-16-6-5-13-23-22-24-14-15-25-22/h2-4,7-12,17,26H,5-6,13-16H2,1H3,(H2,23,24,25). The topological polar surface area (TPSA) is 118 Å². The fraction of sp³-hybridized carbons (Fsp3) is 0.364. The van der Waals surface area contributed by atoms with Crippen molar-refractivity contribution < 1.29 is 22.7 Å². The molecule has 1 unspecified atom stereocenters.